The van der Waals surface area contributed by atoms with Gasteiger partial charge in [0.25, 0.3) is 0 Å². The first-order chi connectivity index (χ1) is 10.5. The Bertz CT molecular complexity index is 691. The molecule has 0 saturated carbocycles. The molecule has 0 radical (unpaired) electrons. The van der Waals surface area contributed by atoms with E-state index in [4.69, 9.17) is 5.73 Å². The highest BCUT2D eigenvalue weighted by atomic mass is 32.2. The second kappa shape index (κ2) is 7.04. The summed E-state index contributed by atoms with van der Waals surface area (Å²) >= 11 is 0. The van der Waals surface area contributed by atoms with Gasteiger partial charge in [0, 0.05) is 19.6 Å². The average molecular weight is 322 g/mol. The predicted molar refractivity (Wildman–Crippen MR) is 86.0 cm³/mol. The van der Waals surface area contributed by atoms with E-state index in [-0.39, 0.29) is 11.4 Å². The molecule has 0 unspecified atom stereocenters. The molecule has 22 heavy (non-hydrogen) atoms. The maximum atomic E-state index is 12.9. The summed E-state index contributed by atoms with van der Waals surface area (Å²) in [6, 6.07) is 9.81. The van der Waals surface area contributed by atoms with Crippen molar-refractivity contribution in [3.05, 3.63) is 47.3 Å². The van der Waals surface area contributed by atoms with Gasteiger partial charge in [0.1, 0.15) is 4.90 Å². The van der Waals surface area contributed by atoms with Crippen LogP contribution in [0.2, 0.25) is 0 Å². The molecule has 3 N–H and O–H groups in total. The van der Waals surface area contributed by atoms with Gasteiger partial charge in [-0.25, -0.2) is 8.42 Å². The van der Waals surface area contributed by atoms with Gasteiger partial charge < -0.3 is 5.73 Å². The average Bonchev–Trinajstić information content (AvgIpc) is 2.84. The number of aromatic amines is 1. The number of benzene rings is 1. The number of aromatic nitrogens is 2. The molecule has 0 aliphatic rings. The number of nitrogens with two attached hydrogens (primary N) is 1. The van der Waals surface area contributed by atoms with Crippen molar-refractivity contribution in [3.63, 3.8) is 0 Å². The number of aryl methyl sites for hydroxylation is 2. The van der Waals surface area contributed by atoms with Crippen LogP contribution < -0.4 is 5.73 Å². The Hall–Kier alpha value is -1.70. The molecule has 0 aliphatic heterocycles. The Morgan fingerprint density at radius 3 is 2.41 bits per heavy atom. The van der Waals surface area contributed by atoms with Gasteiger partial charge in [-0.05, 0) is 25.8 Å². The smallest absolute Gasteiger partial charge is 0.246 e. The third kappa shape index (κ3) is 3.55. The van der Waals surface area contributed by atoms with Gasteiger partial charge in [0.2, 0.25) is 10.0 Å². The summed E-state index contributed by atoms with van der Waals surface area (Å²) in [5.41, 5.74) is 7.73. The quantitative estimate of drug-likeness (QED) is 0.801. The fourth-order valence-corrected chi connectivity index (χ4v) is 4.23. The molecular weight excluding hydrogens is 300 g/mol. The number of H-pyrrole nitrogens is 1. The van der Waals surface area contributed by atoms with Crippen LogP contribution in [0, 0.1) is 13.8 Å². The summed E-state index contributed by atoms with van der Waals surface area (Å²) in [5, 5.41) is 6.71. The molecule has 1 aromatic heterocycles. The van der Waals surface area contributed by atoms with Crippen LogP contribution in [-0.4, -0.2) is 42.6 Å². The van der Waals surface area contributed by atoms with Crippen LogP contribution in [0.25, 0.3) is 0 Å². The largest absolute Gasteiger partial charge is 0.329 e. The Morgan fingerprint density at radius 1 is 1.18 bits per heavy atom. The minimum absolute atomic E-state index is 0.258. The van der Waals surface area contributed by atoms with Crippen LogP contribution in [-0.2, 0) is 16.4 Å². The van der Waals surface area contributed by atoms with E-state index in [9.17, 15) is 8.42 Å². The highest BCUT2D eigenvalue weighted by Gasteiger charge is 2.28. The van der Waals surface area contributed by atoms with E-state index in [1.54, 1.807) is 13.8 Å². The summed E-state index contributed by atoms with van der Waals surface area (Å²) in [5.74, 6) is 0. The number of nitrogens with one attached hydrogen (secondary N) is 1. The molecule has 1 heterocycles. The predicted octanol–water partition coefficient (Wildman–Crippen LogP) is 1.22. The third-order valence-corrected chi connectivity index (χ3v) is 5.69. The van der Waals surface area contributed by atoms with E-state index < -0.39 is 10.0 Å². The zero-order valence-corrected chi connectivity index (χ0v) is 13.7. The van der Waals surface area contributed by atoms with Crippen molar-refractivity contribution in [1.29, 1.82) is 0 Å². The summed E-state index contributed by atoms with van der Waals surface area (Å²) in [6.45, 7) is 4.37. The topological polar surface area (TPSA) is 92.1 Å². The fourth-order valence-electron chi connectivity index (χ4n) is 2.44. The van der Waals surface area contributed by atoms with Crippen LogP contribution in [0.3, 0.4) is 0 Å². The van der Waals surface area contributed by atoms with Crippen molar-refractivity contribution >= 4 is 10.0 Å². The van der Waals surface area contributed by atoms with Gasteiger partial charge in [-0.1, -0.05) is 30.3 Å². The van der Waals surface area contributed by atoms with Gasteiger partial charge in [0.15, 0.2) is 0 Å². The molecule has 0 atom stereocenters. The molecule has 0 saturated heterocycles. The first kappa shape index (κ1) is 16.7. The Labute approximate surface area is 131 Å². The molecule has 0 spiro atoms. The van der Waals surface area contributed by atoms with E-state index in [2.05, 4.69) is 10.2 Å². The summed E-state index contributed by atoms with van der Waals surface area (Å²) in [6.07, 6.45) is 0.649. The molecular formula is C15H22N4O2S. The molecule has 0 fully saturated rings. The number of sulfonamides is 1. The van der Waals surface area contributed by atoms with Crippen LogP contribution in [0.1, 0.15) is 17.0 Å². The number of rotatable bonds is 7. The van der Waals surface area contributed by atoms with Crippen LogP contribution >= 0.6 is 0 Å². The van der Waals surface area contributed by atoms with Crippen molar-refractivity contribution in [1.82, 2.24) is 14.5 Å². The molecule has 0 amide bonds. The van der Waals surface area contributed by atoms with Crippen molar-refractivity contribution in [2.24, 2.45) is 5.73 Å². The van der Waals surface area contributed by atoms with E-state index in [1.165, 1.54) is 4.31 Å². The lowest BCUT2D eigenvalue weighted by Crippen LogP contribution is -2.37. The minimum atomic E-state index is -3.59. The normalized spacial score (nSPS) is 12.0. The van der Waals surface area contributed by atoms with Gasteiger partial charge in [-0.15, -0.1) is 0 Å². The lowest BCUT2D eigenvalue weighted by atomic mass is 10.1. The van der Waals surface area contributed by atoms with Gasteiger partial charge in [-0.2, -0.15) is 9.40 Å². The monoisotopic (exact) mass is 322 g/mol. The maximum absolute atomic E-state index is 12.9. The van der Waals surface area contributed by atoms with Crippen LogP contribution in [0.5, 0.6) is 0 Å². The van der Waals surface area contributed by atoms with Gasteiger partial charge in [-0.3, -0.25) is 5.10 Å². The Morgan fingerprint density at radius 2 is 1.86 bits per heavy atom. The lowest BCUT2D eigenvalue weighted by Gasteiger charge is -2.21. The van der Waals surface area contributed by atoms with Gasteiger partial charge in [0.05, 0.1) is 11.4 Å². The highest BCUT2D eigenvalue weighted by molar-refractivity contribution is 7.89. The second-order valence-electron chi connectivity index (χ2n) is 5.19. The zero-order chi connectivity index (χ0) is 16.2. The van der Waals surface area contributed by atoms with E-state index in [0.717, 1.165) is 5.56 Å². The number of hydrogen-bond donors (Lipinski definition) is 2. The summed E-state index contributed by atoms with van der Waals surface area (Å²) in [7, 11) is -3.59. The van der Waals surface area contributed by atoms with Crippen LogP contribution in [0.15, 0.2) is 35.2 Å². The van der Waals surface area contributed by atoms with Gasteiger partial charge >= 0.3 is 0 Å². The molecule has 1 aromatic carbocycles. The first-order valence-corrected chi connectivity index (χ1v) is 8.66. The van der Waals surface area contributed by atoms with Crippen molar-refractivity contribution in [2.45, 2.75) is 25.2 Å². The summed E-state index contributed by atoms with van der Waals surface area (Å²) in [4.78, 5) is 0.258. The second-order valence-corrected chi connectivity index (χ2v) is 7.07. The highest BCUT2D eigenvalue weighted by Crippen LogP contribution is 2.21. The molecule has 0 aliphatic carbocycles. The molecule has 2 aromatic rings. The molecule has 6 nitrogen and oxygen atoms in total. The first-order valence-electron chi connectivity index (χ1n) is 7.22. The molecule has 0 bridgehead atoms. The van der Waals surface area contributed by atoms with E-state index >= 15 is 0 Å². The molecule has 120 valence electrons. The Balaban J connectivity index is 2.23. The number of hydrogen-bond acceptors (Lipinski definition) is 4. The summed E-state index contributed by atoms with van der Waals surface area (Å²) < 4.78 is 27.1. The fraction of sp³-hybridized carbons (Fsp3) is 0.400. The number of nitrogens with zero attached hydrogens (tertiary/aromatic N) is 2. The maximum Gasteiger partial charge on any atom is 0.246 e. The lowest BCUT2D eigenvalue weighted by molar-refractivity contribution is 0.421. The Kier molecular flexibility index (Phi) is 5.33. The van der Waals surface area contributed by atoms with E-state index in [0.29, 0.717) is 30.9 Å². The third-order valence-electron chi connectivity index (χ3n) is 3.53. The SMILES string of the molecule is Cc1n[nH]c(C)c1S(=O)(=O)N(CCN)CCc1ccccc1. The van der Waals surface area contributed by atoms with Crippen molar-refractivity contribution in [3.8, 4) is 0 Å². The zero-order valence-electron chi connectivity index (χ0n) is 12.9. The van der Waals surface area contributed by atoms with Crippen molar-refractivity contribution < 1.29 is 8.42 Å². The van der Waals surface area contributed by atoms with Crippen molar-refractivity contribution in [2.75, 3.05) is 19.6 Å². The van der Waals surface area contributed by atoms with Crippen LogP contribution in [0.4, 0.5) is 0 Å². The van der Waals surface area contributed by atoms with E-state index in [1.807, 2.05) is 30.3 Å². The molecule has 7 heteroatoms. The minimum Gasteiger partial charge on any atom is -0.329 e. The standard InChI is InChI=1S/C15H22N4O2S/c1-12-15(13(2)18-17-12)22(20,21)19(11-9-16)10-8-14-6-4-3-5-7-14/h3-7H,8-11,16H2,1-2H3,(H,17,18). The molecule has 2 rings (SSSR count).